The molecule has 0 bridgehead atoms. The van der Waals surface area contributed by atoms with Gasteiger partial charge in [-0.2, -0.15) is 0 Å². The van der Waals surface area contributed by atoms with Crippen LogP contribution in [0.4, 0.5) is 4.79 Å². The van der Waals surface area contributed by atoms with Gasteiger partial charge in [0.25, 0.3) is 5.91 Å². The molecule has 1 aromatic heterocycles. The third-order valence-electron chi connectivity index (χ3n) is 5.91. The van der Waals surface area contributed by atoms with Crippen LogP contribution in [-0.2, 0) is 11.2 Å². The maximum atomic E-state index is 13.5. The molecule has 3 heterocycles. The SMILES string of the molecule is CC(C)(C)N1C(=O)[C@@H]2Cc3c([nH]c4ccccc34)[C@H](c3ccc(Br)cc3)N2C1=O. The number of amides is 3. The first kappa shape index (κ1) is 18.4. The van der Waals surface area contributed by atoms with Gasteiger partial charge in [-0.05, 0) is 50.1 Å². The molecule has 1 fully saturated rings. The minimum Gasteiger partial charge on any atom is -0.356 e. The second kappa shape index (κ2) is 6.20. The number of benzene rings is 2. The van der Waals surface area contributed by atoms with E-state index in [2.05, 4.69) is 27.0 Å². The zero-order valence-electron chi connectivity index (χ0n) is 16.6. The highest BCUT2D eigenvalue weighted by molar-refractivity contribution is 9.10. The van der Waals surface area contributed by atoms with Crippen molar-refractivity contribution in [2.75, 3.05) is 0 Å². The van der Waals surface area contributed by atoms with Crippen molar-refractivity contribution >= 4 is 38.8 Å². The molecule has 29 heavy (non-hydrogen) atoms. The number of hydrogen-bond acceptors (Lipinski definition) is 2. The predicted octanol–water partition coefficient (Wildman–Crippen LogP) is 5.01. The zero-order valence-corrected chi connectivity index (χ0v) is 18.2. The summed E-state index contributed by atoms with van der Waals surface area (Å²) >= 11 is 3.49. The minimum atomic E-state index is -0.564. The zero-order chi connectivity index (χ0) is 20.5. The molecule has 2 atom stereocenters. The lowest BCUT2D eigenvalue weighted by Gasteiger charge is -2.36. The van der Waals surface area contributed by atoms with Gasteiger partial charge in [0.05, 0.1) is 0 Å². The third-order valence-corrected chi connectivity index (χ3v) is 6.43. The van der Waals surface area contributed by atoms with Crippen LogP contribution in [0.2, 0.25) is 0 Å². The van der Waals surface area contributed by atoms with Crippen molar-refractivity contribution < 1.29 is 9.59 Å². The summed E-state index contributed by atoms with van der Waals surface area (Å²) in [6, 6.07) is 15.1. The highest BCUT2D eigenvalue weighted by Crippen LogP contribution is 2.45. The van der Waals surface area contributed by atoms with Crippen molar-refractivity contribution in [1.29, 1.82) is 0 Å². The van der Waals surface area contributed by atoms with Gasteiger partial charge >= 0.3 is 6.03 Å². The molecule has 0 unspecified atom stereocenters. The van der Waals surface area contributed by atoms with Crippen LogP contribution in [0.25, 0.3) is 10.9 Å². The first-order valence-corrected chi connectivity index (χ1v) is 10.6. The molecule has 0 spiro atoms. The van der Waals surface area contributed by atoms with E-state index in [0.717, 1.165) is 32.2 Å². The number of nitrogens with one attached hydrogen (secondary N) is 1. The molecular formula is C23H22BrN3O2. The van der Waals surface area contributed by atoms with Crippen molar-refractivity contribution in [3.8, 4) is 0 Å². The van der Waals surface area contributed by atoms with E-state index in [-0.39, 0.29) is 18.0 Å². The molecular weight excluding hydrogens is 430 g/mol. The summed E-state index contributed by atoms with van der Waals surface area (Å²) in [5.74, 6) is -0.111. The van der Waals surface area contributed by atoms with Crippen LogP contribution < -0.4 is 0 Å². The molecule has 1 saturated heterocycles. The average Bonchev–Trinajstić information content (AvgIpc) is 3.16. The summed E-state index contributed by atoms with van der Waals surface area (Å²) in [6.07, 6.45) is 0.531. The van der Waals surface area contributed by atoms with Crippen LogP contribution in [0, 0.1) is 0 Å². The van der Waals surface area contributed by atoms with Crippen LogP contribution >= 0.6 is 15.9 Å². The van der Waals surface area contributed by atoms with Gasteiger partial charge in [-0.15, -0.1) is 0 Å². The molecule has 148 valence electrons. The summed E-state index contributed by atoms with van der Waals surface area (Å²) in [4.78, 5) is 33.6. The maximum absolute atomic E-state index is 13.5. The number of para-hydroxylation sites is 1. The number of urea groups is 1. The van der Waals surface area contributed by atoms with Crippen molar-refractivity contribution in [2.45, 2.75) is 44.8 Å². The van der Waals surface area contributed by atoms with Crippen molar-refractivity contribution in [1.82, 2.24) is 14.8 Å². The van der Waals surface area contributed by atoms with Gasteiger partial charge < -0.3 is 4.98 Å². The number of carbonyl (C=O) groups excluding carboxylic acids is 2. The fourth-order valence-electron chi connectivity index (χ4n) is 4.68. The molecule has 2 aliphatic rings. The summed E-state index contributed by atoms with van der Waals surface area (Å²) in [6.45, 7) is 5.72. The van der Waals surface area contributed by atoms with E-state index >= 15 is 0 Å². The molecule has 2 aromatic carbocycles. The van der Waals surface area contributed by atoms with Crippen molar-refractivity contribution in [2.24, 2.45) is 0 Å². The van der Waals surface area contributed by atoms with Crippen molar-refractivity contribution in [3.05, 3.63) is 69.8 Å². The van der Waals surface area contributed by atoms with E-state index in [1.165, 1.54) is 4.90 Å². The second-order valence-corrected chi connectivity index (χ2v) is 9.69. The lowest BCUT2D eigenvalue weighted by molar-refractivity contribution is -0.131. The molecule has 3 aromatic rings. The van der Waals surface area contributed by atoms with E-state index in [1.54, 1.807) is 4.90 Å². The molecule has 0 radical (unpaired) electrons. The lowest BCUT2D eigenvalue weighted by Crippen LogP contribution is -2.46. The molecule has 1 N–H and O–H groups in total. The van der Waals surface area contributed by atoms with E-state index in [1.807, 2.05) is 63.2 Å². The van der Waals surface area contributed by atoms with Gasteiger partial charge in [-0.3, -0.25) is 14.6 Å². The lowest BCUT2D eigenvalue weighted by atomic mass is 9.89. The summed E-state index contributed by atoms with van der Waals surface area (Å²) < 4.78 is 0.977. The first-order chi connectivity index (χ1) is 13.8. The Labute approximate surface area is 177 Å². The molecule has 6 heteroatoms. The highest BCUT2D eigenvalue weighted by Gasteiger charge is 2.55. The monoisotopic (exact) mass is 451 g/mol. The number of aromatic amines is 1. The minimum absolute atomic E-state index is 0.111. The van der Waals surface area contributed by atoms with Gasteiger partial charge in [-0.1, -0.05) is 46.3 Å². The van der Waals surface area contributed by atoms with Gasteiger partial charge in [0.15, 0.2) is 0 Å². The molecule has 2 aliphatic heterocycles. The van der Waals surface area contributed by atoms with E-state index in [9.17, 15) is 9.59 Å². The Kier molecular flexibility index (Phi) is 3.94. The fourth-order valence-corrected chi connectivity index (χ4v) is 4.95. The van der Waals surface area contributed by atoms with Crippen LogP contribution in [0.5, 0.6) is 0 Å². The number of imide groups is 1. The molecule has 0 aliphatic carbocycles. The number of rotatable bonds is 1. The standard InChI is InChI=1S/C23H22BrN3O2/c1-23(2,3)27-21(28)18-12-16-15-6-4-5-7-17(15)25-19(16)20(26(18)22(27)29)13-8-10-14(24)11-9-13/h4-11,18,20,25H,12H2,1-3H3/t18-,20-/m0/s1. The predicted molar refractivity (Wildman–Crippen MR) is 116 cm³/mol. The maximum Gasteiger partial charge on any atom is 0.328 e. The first-order valence-electron chi connectivity index (χ1n) is 9.78. The van der Waals surface area contributed by atoms with E-state index < -0.39 is 11.6 Å². The molecule has 3 amide bonds. The van der Waals surface area contributed by atoms with E-state index in [0.29, 0.717) is 6.42 Å². The summed E-state index contributed by atoms with van der Waals surface area (Å²) in [5.41, 5.74) is 3.59. The Morgan fingerprint density at radius 1 is 1.03 bits per heavy atom. The van der Waals surface area contributed by atoms with Crippen LogP contribution in [0.3, 0.4) is 0 Å². The van der Waals surface area contributed by atoms with Crippen molar-refractivity contribution in [3.63, 3.8) is 0 Å². The number of H-pyrrole nitrogens is 1. The summed E-state index contributed by atoms with van der Waals surface area (Å²) in [7, 11) is 0. The smallest absolute Gasteiger partial charge is 0.328 e. The highest BCUT2D eigenvalue weighted by atomic mass is 79.9. The third kappa shape index (κ3) is 2.65. The van der Waals surface area contributed by atoms with Crippen LogP contribution in [0.15, 0.2) is 53.0 Å². The summed E-state index contributed by atoms with van der Waals surface area (Å²) in [5, 5.41) is 1.12. The number of hydrogen-bond donors (Lipinski definition) is 1. The fraction of sp³-hybridized carbons (Fsp3) is 0.304. The Morgan fingerprint density at radius 3 is 2.41 bits per heavy atom. The molecule has 0 saturated carbocycles. The topological polar surface area (TPSA) is 56.4 Å². The Balaban J connectivity index is 1.74. The average molecular weight is 452 g/mol. The van der Waals surface area contributed by atoms with Gasteiger partial charge in [0, 0.05) is 33.0 Å². The van der Waals surface area contributed by atoms with Gasteiger partial charge in [-0.25, -0.2) is 4.79 Å². The quantitative estimate of drug-likeness (QED) is 0.528. The Hall–Kier alpha value is -2.60. The molecule has 5 rings (SSSR count). The van der Waals surface area contributed by atoms with Gasteiger partial charge in [0.2, 0.25) is 0 Å². The normalized spacial score (nSPS) is 21.7. The number of aromatic nitrogens is 1. The van der Waals surface area contributed by atoms with E-state index in [4.69, 9.17) is 0 Å². The molecule has 5 nitrogen and oxygen atoms in total. The van der Waals surface area contributed by atoms with Crippen LogP contribution in [0.1, 0.15) is 43.6 Å². The number of halogens is 1. The Morgan fingerprint density at radius 2 is 1.72 bits per heavy atom. The number of fused-ring (bicyclic) bond motifs is 4. The number of carbonyl (C=O) groups is 2. The van der Waals surface area contributed by atoms with Crippen LogP contribution in [-0.4, -0.2) is 38.3 Å². The Bertz CT molecular complexity index is 1140. The van der Waals surface area contributed by atoms with Gasteiger partial charge in [0.1, 0.15) is 12.1 Å². The second-order valence-electron chi connectivity index (χ2n) is 8.77. The largest absolute Gasteiger partial charge is 0.356 e. The number of nitrogens with zero attached hydrogens (tertiary/aromatic N) is 2.